The van der Waals surface area contributed by atoms with Gasteiger partial charge in [0.1, 0.15) is 17.2 Å². The normalized spacial score (nSPS) is 15.1. The number of aryl methyl sites for hydroxylation is 2. The van der Waals surface area contributed by atoms with Gasteiger partial charge in [0, 0.05) is 18.0 Å². The molecule has 0 bridgehead atoms. The van der Waals surface area contributed by atoms with Crippen molar-refractivity contribution in [2.45, 2.75) is 70.6 Å². The minimum atomic E-state index is -1.07. The van der Waals surface area contributed by atoms with E-state index in [0.29, 0.717) is 5.01 Å². The Balaban J connectivity index is 1.36. The van der Waals surface area contributed by atoms with Crippen molar-refractivity contribution in [2.75, 3.05) is 0 Å². The third-order valence-electron chi connectivity index (χ3n) is 7.65. The van der Waals surface area contributed by atoms with Gasteiger partial charge in [-0.05, 0) is 97.9 Å². The third-order valence-corrected chi connectivity index (χ3v) is 9.03. The van der Waals surface area contributed by atoms with Gasteiger partial charge in [-0.1, -0.05) is 36.4 Å². The van der Waals surface area contributed by atoms with Crippen molar-refractivity contribution in [3.63, 3.8) is 0 Å². The van der Waals surface area contributed by atoms with Gasteiger partial charge in [-0.25, -0.2) is 9.78 Å². The van der Waals surface area contributed by atoms with Crippen molar-refractivity contribution in [3.05, 3.63) is 104 Å². The molecular weight excluding hydrogens is 506 g/mol. The van der Waals surface area contributed by atoms with E-state index in [-0.39, 0.29) is 6.61 Å². The number of hydrogen-bond acceptors (Lipinski definition) is 6. The summed E-state index contributed by atoms with van der Waals surface area (Å²) in [6, 6.07) is 15.6. The Labute approximate surface area is 233 Å². The van der Waals surface area contributed by atoms with Gasteiger partial charge in [0.15, 0.2) is 0 Å². The number of nitrogens with zero attached hydrogens (tertiary/aromatic N) is 2. The first-order chi connectivity index (χ1) is 18.9. The summed E-state index contributed by atoms with van der Waals surface area (Å²) in [6.45, 7) is 3.61. The van der Waals surface area contributed by atoms with E-state index in [0.717, 1.165) is 47.4 Å². The number of ether oxygens (including phenoxy) is 1. The standard InChI is InChI=1S/C32H33N3O3S/c1-32(2,37)30-34-18-27(39-30)29(35-31(36)38-19-20-8-4-3-5-9-20)23-14-15-33-26(17-23)28-24-12-6-10-21(24)16-22-11-7-13-25(22)28/h3-5,8-9,14-18,29,37H,6-7,10-13,19H2,1-2H3,(H,35,36). The molecule has 2 aliphatic carbocycles. The Morgan fingerprint density at radius 1 is 1.03 bits per heavy atom. The molecule has 2 aliphatic rings. The number of aliphatic hydroxyl groups is 1. The highest BCUT2D eigenvalue weighted by molar-refractivity contribution is 7.11. The number of benzene rings is 2. The first kappa shape index (κ1) is 25.7. The van der Waals surface area contributed by atoms with Gasteiger partial charge in [0.2, 0.25) is 0 Å². The molecule has 0 aliphatic heterocycles. The van der Waals surface area contributed by atoms with E-state index in [1.54, 1.807) is 20.0 Å². The van der Waals surface area contributed by atoms with Gasteiger partial charge < -0.3 is 15.2 Å². The topological polar surface area (TPSA) is 84.3 Å². The van der Waals surface area contributed by atoms with Gasteiger partial charge in [-0.3, -0.25) is 4.98 Å². The molecule has 2 aromatic carbocycles. The largest absolute Gasteiger partial charge is 0.445 e. The van der Waals surface area contributed by atoms with E-state index in [2.05, 4.69) is 22.4 Å². The van der Waals surface area contributed by atoms with Crippen LogP contribution in [-0.2, 0) is 42.6 Å². The number of amides is 1. The zero-order valence-electron chi connectivity index (χ0n) is 22.4. The zero-order chi connectivity index (χ0) is 27.0. The van der Waals surface area contributed by atoms with E-state index in [1.165, 1.54) is 52.0 Å². The summed E-state index contributed by atoms with van der Waals surface area (Å²) in [5, 5.41) is 14.2. The van der Waals surface area contributed by atoms with Crippen molar-refractivity contribution < 1.29 is 14.6 Å². The Bertz CT molecular complexity index is 1470. The molecule has 39 heavy (non-hydrogen) atoms. The SMILES string of the molecule is CC(C)(O)c1ncc(C(NC(=O)OCc2ccccc2)c2ccnc(-c3c4c(cc5c3CCC5)CCC4)c2)s1. The second kappa shape index (κ2) is 10.5. The predicted molar refractivity (Wildman–Crippen MR) is 153 cm³/mol. The van der Waals surface area contributed by atoms with Crippen LogP contribution in [0, 0.1) is 0 Å². The maximum atomic E-state index is 13.0. The Morgan fingerprint density at radius 2 is 1.74 bits per heavy atom. The number of hydrogen-bond donors (Lipinski definition) is 2. The quantitative estimate of drug-likeness (QED) is 0.283. The molecule has 0 saturated carbocycles. The highest BCUT2D eigenvalue weighted by Crippen LogP contribution is 2.41. The maximum absolute atomic E-state index is 13.0. The van der Waals surface area contributed by atoms with Crippen molar-refractivity contribution in [2.24, 2.45) is 0 Å². The van der Waals surface area contributed by atoms with Crippen molar-refractivity contribution in [3.8, 4) is 11.3 Å². The molecule has 0 spiro atoms. The molecule has 2 heterocycles. The Hall–Kier alpha value is -3.55. The molecule has 0 radical (unpaired) electrons. The van der Waals surface area contributed by atoms with E-state index >= 15 is 0 Å². The molecule has 0 saturated heterocycles. The fourth-order valence-electron chi connectivity index (χ4n) is 5.79. The van der Waals surface area contributed by atoms with Gasteiger partial charge in [0.25, 0.3) is 0 Å². The Kier molecular flexibility index (Phi) is 6.95. The van der Waals surface area contributed by atoms with Crippen molar-refractivity contribution in [1.82, 2.24) is 15.3 Å². The summed E-state index contributed by atoms with van der Waals surface area (Å²) in [4.78, 5) is 23.2. The van der Waals surface area contributed by atoms with E-state index < -0.39 is 17.7 Å². The highest BCUT2D eigenvalue weighted by atomic mass is 32.1. The van der Waals surface area contributed by atoms with Crippen molar-refractivity contribution in [1.29, 1.82) is 0 Å². The lowest BCUT2D eigenvalue weighted by Gasteiger charge is -2.20. The van der Waals surface area contributed by atoms with Gasteiger partial charge >= 0.3 is 6.09 Å². The van der Waals surface area contributed by atoms with E-state index in [4.69, 9.17) is 9.72 Å². The molecule has 6 rings (SSSR count). The number of pyridine rings is 1. The number of aromatic nitrogens is 2. The second-order valence-corrected chi connectivity index (χ2v) is 12.0. The molecule has 1 unspecified atom stereocenters. The average molecular weight is 540 g/mol. The van der Waals surface area contributed by atoms with Crippen LogP contribution in [-0.4, -0.2) is 21.2 Å². The second-order valence-electron chi connectivity index (χ2n) is 11.0. The average Bonchev–Trinajstić information content (AvgIpc) is 3.70. The number of nitrogens with one attached hydrogen (secondary N) is 1. The number of rotatable bonds is 7. The molecular formula is C32H33N3O3S. The molecule has 7 heteroatoms. The summed E-state index contributed by atoms with van der Waals surface area (Å²) in [5.74, 6) is 0. The summed E-state index contributed by atoms with van der Waals surface area (Å²) < 4.78 is 5.58. The number of thiazole rings is 1. The summed E-state index contributed by atoms with van der Waals surface area (Å²) in [7, 11) is 0. The zero-order valence-corrected chi connectivity index (χ0v) is 23.2. The Morgan fingerprint density at radius 3 is 2.41 bits per heavy atom. The predicted octanol–water partition coefficient (Wildman–Crippen LogP) is 6.43. The maximum Gasteiger partial charge on any atom is 0.408 e. The lowest BCUT2D eigenvalue weighted by atomic mass is 9.91. The van der Waals surface area contributed by atoms with Crippen LogP contribution in [0.4, 0.5) is 4.79 Å². The van der Waals surface area contributed by atoms with Gasteiger partial charge in [0.05, 0.1) is 16.6 Å². The molecule has 1 amide bonds. The summed E-state index contributed by atoms with van der Waals surface area (Å²) in [6.07, 6.45) is 9.86. The van der Waals surface area contributed by atoms with E-state index in [1.807, 2.05) is 42.6 Å². The smallest absolute Gasteiger partial charge is 0.408 e. The van der Waals surface area contributed by atoms with Crippen LogP contribution in [0.15, 0.2) is 60.9 Å². The van der Waals surface area contributed by atoms with Crippen LogP contribution in [0.5, 0.6) is 0 Å². The molecule has 0 fully saturated rings. The van der Waals surface area contributed by atoms with Gasteiger partial charge in [-0.15, -0.1) is 11.3 Å². The molecule has 1 atom stereocenters. The fourth-order valence-corrected chi connectivity index (χ4v) is 6.79. The lowest BCUT2D eigenvalue weighted by molar-refractivity contribution is 0.0783. The van der Waals surface area contributed by atoms with Crippen LogP contribution in [0.25, 0.3) is 11.3 Å². The summed E-state index contributed by atoms with van der Waals surface area (Å²) >= 11 is 1.39. The van der Waals surface area contributed by atoms with Crippen LogP contribution < -0.4 is 5.32 Å². The van der Waals surface area contributed by atoms with Crippen LogP contribution >= 0.6 is 11.3 Å². The number of alkyl carbamates (subject to hydrolysis) is 1. The van der Waals surface area contributed by atoms with Crippen LogP contribution in [0.2, 0.25) is 0 Å². The highest BCUT2D eigenvalue weighted by Gasteiger charge is 2.28. The monoisotopic (exact) mass is 539 g/mol. The van der Waals surface area contributed by atoms with Gasteiger partial charge in [-0.2, -0.15) is 0 Å². The van der Waals surface area contributed by atoms with Crippen molar-refractivity contribution >= 4 is 17.4 Å². The molecule has 200 valence electrons. The first-order valence-corrected chi connectivity index (χ1v) is 14.5. The van der Waals surface area contributed by atoms with Crippen LogP contribution in [0.3, 0.4) is 0 Å². The number of carbonyl (C=O) groups is 1. The molecule has 4 aromatic rings. The lowest BCUT2D eigenvalue weighted by Crippen LogP contribution is -2.29. The number of carbonyl (C=O) groups excluding carboxylic acids is 1. The number of fused-ring (bicyclic) bond motifs is 2. The van der Waals surface area contributed by atoms with E-state index in [9.17, 15) is 9.90 Å². The third kappa shape index (κ3) is 5.34. The molecule has 6 nitrogen and oxygen atoms in total. The first-order valence-electron chi connectivity index (χ1n) is 13.7. The van der Waals surface area contributed by atoms with Crippen LogP contribution in [0.1, 0.15) is 76.0 Å². The summed E-state index contributed by atoms with van der Waals surface area (Å²) in [5.41, 5.74) is 8.82. The molecule has 2 N–H and O–H groups in total. The minimum Gasteiger partial charge on any atom is -0.445 e. The minimum absolute atomic E-state index is 0.181. The fraction of sp³-hybridized carbons (Fsp3) is 0.344. The molecule has 2 aromatic heterocycles.